The molecule has 5 rings (SSSR count). The summed E-state index contributed by atoms with van der Waals surface area (Å²) in [5, 5.41) is 9.30. The lowest BCUT2D eigenvalue weighted by atomic mass is 9.75. The summed E-state index contributed by atoms with van der Waals surface area (Å²) in [4.78, 5) is 4.93. The number of nitrogens with zero attached hydrogens (tertiary/aromatic N) is 1. The van der Waals surface area contributed by atoms with Gasteiger partial charge in [-0.05, 0) is 75.7 Å². The van der Waals surface area contributed by atoms with Gasteiger partial charge in [-0.25, -0.2) is 0 Å². The van der Waals surface area contributed by atoms with E-state index >= 15 is 0 Å². The Bertz CT molecular complexity index is 1620. The zero-order chi connectivity index (χ0) is 30.9. The number of rotatable bonds is 13. The number of thioether (sulfide) groups is 2. The smallest absolute Gasteiger partial charge is 0.0956 e. The number of nitrogens with one attached hydrogen (secondary N) is 2. The van der Waals surface area contributed by atoms with Crippen LogP contribution in [0.3, 0.4) is 0 Å². The average Bonchev–Trinajstić information content (AvgIpc) is 3.61. The highest BCUT2D eigenvalue weighted by Crippen LogP contribution is 2.49. The van der Waals surface area contributed by atoms with Crippen molar-refractivity contribution >= 4 is 35.7 Å². The molecule has 6 heteroatoms. The molecule has 0 fully saturated rings. The van der Waals surface area contributed by atoms with Crippen molar-refractivity contribution in [3.63, 3.8) is 0 Å². The van der Waals surface area contributed by atoms with Gasteiger partial charge in [0, 0.05) is 30.4 Å². The van der Waals surface area contributed by atoms with Crippen molar-refractivity contribution in [1.29, 1.82) is 0 Å². The Labute approximate surface area is 270 Å². The monoisotopic (exact) mass is 616 g/mol. The Morgan fingerprint density at radius 2 is 1.61 bits per heavy atom. The van der Waals surface area contributed by atoms with Crippen molar-refractivity contribution in [2.24, 2.45) is 5.73 Å². The SMILES string of the molecule is C=Cc1c(C=C)c(C(/C=C\CC2NC=CS2)CN)c(-c2ccccc2)c(-c2ccccc2)c1-c1ccc(C(NC)SC)nc1. The third kappa shape index (κ3) is 6.64. The van der Waals surface area contributed by atoms with Crippen molar-refractivity contribution < 1.29 is 0 Å². The average molecular weight is 617 g/mol. The molecule has 4 N–H and O–H groups in total. The molecule has 3 unspecified atom stereocenters. The molecule has 224 valence electrons. The van der Waals surface area contributed by atoms with E-state index in [1.807, 2.05) is 31.6 Å². The highest BCUT2D eigenvalue weighted by atomic mass is 32.2. The van der Waals surface area contributed by atoms with E-state index in [1.54, 1.807) is 23.5 Å². The van der Waals surface area contributed by atoms with Gasteiger partial charge < -0.3 is 16.4 Å². The van der Waals surface area contributed by atoms with Gasteiger partial charge in [0.15, 0.2) is 0 Å². The van der Waals surface area contributed by atoms with Crippen LogP contribution < -0.4 is 16.4 Å². The van der Waals surface area contributed by atoms with E-state index in [-0.39, 0.29) is 11.3 Å². The molecule has 1 aromatic heterocycles. The summed E-state index contributed by atoms with van der Waals surface area (Å²) in [5.41, 5.74) is 17.5. The first kappa shape index (κ1) is 31.6. The molecular weight excluding hydrogens is 577 g/mol. The van der Waals surface area contributed by atoms with E-state index in [0.29, 0.717) is 11.9 Å². The molecule has 2 heterocycles. The first-order valence-electron chi connectivity index (χ1n) is 14.8. The Hall–Kier alpha value is -3.81. The molecule has 3 atom stereocenters. The fourth-order valence-corrected chi connectivity index (χ4v) is 7.26. The van der Waals surface area contributed by atoms with Crippen LogP contribution in [0.5, 0.6) is 0 Å². The number of nitrogens with two attached hydrogens (primary N) is 1. The number of hydrogen-bond acceptors (Lipinski definition) is 6. The van der Waals surface area contributed by atoms with Crippen LogP contribution in [-0.4, -0.2) is 30.2 Å². The van der Waals surface area contributed by atoms with Gasteiger partial charge in [-0.15, -0.1) is 23.5 Å². The van der Waals surface area contributed by atoms with Crippen molar-refractivity contribution in [3.05, 3.63) is 138 Å². The molecular formula is C38H40N4S2. The number of pyridine rings is 1. The molecule has 44 heavy (non-hydrogen) atoms. The number of benzene rings is 3. The van der Waals surface area contributed by atoms with Crippen molar-refractivity contribution in [2.45, 2.75) is 23.1 Å². The lowest BCUT2D eigenvalue weighted by molar-refractivity contribution is 0.771. The molecule has 0 aliphatic carbocycles. The van der Waals surface area contributed by atoms with Crippen LogP contribution in [0.1, 0.15) is 40.1 Å². The second kappa shape index (κ2) is 15.3. The largest absolute Gasteiger partial charge is 0.378 e. The van der Waals surface area contributed by atoms with Crippen LogP contribution in [0.25, 0.3) is 45.5 Å². The topological polar surface area (TPSA) is 63.0 Å². The zero-order valence-corrected chi connectivity index (χ0v) is 27.0. The second-order valence-corrected chi connectivity index (χ2v) is 12.5. The van der Waals surface area contributed by atoms with E-state index in [2.05, 4.69) is 120 Å². The molecule has 0 amide bonds. The van der Waals surface area contributed by atoms with Gasteiger partial charge >= 0.3 is 0 Å². The van der Waals surface area contributed by atoms with Crippen molar-refractivity contribution in [1.82, 2.24) is 15.6 Å². The van der Waals surface area contributed by atoms with E-state index in [4.69, 9.17) is 10.7 Å². The van der Waals surface area contributed by atoms with E-state index < -0.39 is 0 Å². The van der Waals surface area contributed by atoms with Crippen LogP contribution in [0.4, 0.5) is 0 Å². The van der Waals surface area contributed by atoms with Gasteiger partial charge in [-0.2, -0.15) is 0 Å². The third-order valence-corrected chi connectivity index (χ3v) is 9.83. The van der Waals surface area contributed by atoms with E-state index in [1.165, 1.54) is 0 Å². The third-order valence-electron chi connectivity index (χ3n) is 7.93. The van der Waals surface area contributed by atoms with E-state index in [0.717, 1.165) is 62.2 Å². The van der Waals surface area contributed by atoms with Gasteiger partial charge in [0.2, 0.25) is 0 Å². The predicted octanol–water partition coefficient (Wildman–Crippen LogP) is 9.07. The highest BCUT2D eigenvalue weighted by Gasteiger charge is 2.27. The van der Waals surface area contributed by atoms with Crippen molar-refractivity contribution in [3.8, 4) is 33.4 Å². The molecule has 0 radical (unpaired) electrons. The second-order valence-electron chi connectivity index (χ2n) is 10.5. The number of aromatic nitrogens is 1. The minimum absolute atomic E-state index is 0.0359. The van der Waals surface area contributed by atoms with E-state index in [9.17, 15) is 0 Å². The molecule has 3 aromatic carbocycles. The Balaban J connectivity index is 1.84. The minimum atomic E-state index is -0.0359. The van der Waals surface area contributed by atoms with Crippen LogP contribution >= 0.6 is 23.5 Å². The van der Waals surface area contributed by atoms with Gasteiger partial charge in [0.25, 0.3) is 0 Å². The molecule has 1 aliphatic heterocycles. The summed E-state index contributed by atoms with van der Waals surface area (Å²) in [6.45, 7) is 9.12. The normalized spacial score (nSPS) is 15.7. The Morgan fingerprint density at radius 3 is 2.14 bits per heavy atom. The molecule has 4 nitrogen and oxygen atoms in total. The first-order valence-corrected chi connectivity index (χ1v) is 17.1. The van der Waals surface area contributed by atoms with Gasteiger partial charge in [-0.1, -0.05) is 104 Å². The first-order chi connectivity index (χ1) is 21.6. The van der Waals surface area contributed by atoms with Crippen LogP contribution in [0.15, 0.2) is 116 Å². The summed E-state index contributed by atoms with van der Waals surface area (Å²) in [6, 6.07) is 25.6. The van der Waals surface area contributed by atoms with Crippen LogP contribution in [0.2, 0.25) is 0 Å². The fourth-order valence-electron chi connectivity index (χ4n) is 5.92. The summed E-state index contributed by atoms with van der Waals surface area (Å²) in [7, 11) is 1.96. The predicted molar refractivity (Wildman–Crippen MR) is 195 cm³/mol. The quantitative estimate of drug-likeness (QED) is 0.103. The molecule has 4 aromatic rings. The number of hydrogen-bond donors (Lipinski definition) is 3. The van der Waals surface area contributed by atoms with Gasteiger partial charge in [-0.3, -0.25) is 4.98 Å². The summed E-state index contributed by atoms with van der Waals surface area (Å²) >= 11 is 3.53. The molecule has 1 aliphatic rings. The molecule has 0 saturated carbocycles. The van der Waals surface area contributed by atoms with Gasteiger partial charge in [0.05, 0.1) is 16.4 Å². The zero-order valence-electron chi connectivity index (χ0n) is 25.4. The Morgan fingerprint density at radius 1 is 0.932 bits per heavy atom. The molecule has 0 bridgehead atoms. The van der Waals surface area contributed by atoms with Crippen molar-refractivity contribution in [2.75, 3.05) is 19.8 Å². The standard InChI is InChI=1S/C38H40N4S2/c1-5-30-31(6-2)35(29-20-21-32(42-25-29)38(40-3)43-4)37(27-16-11-8-12-17-27)36(26-14-9-7-10-15-26)34(30)28(24-39)18-13-19-33-41-22-23-44-33/h5-18,20-23,25,28,33,38,40-41H,1-2,19,24,39H2,3-4H3/b18-13-. The lowest BCUT2D eigenvalue weighted by Gasteiger charge is -2.28. The summed E-state index contributed by atoms with van der Waals surface area (Å²) in [5.74, 6) is -0.0359. The van der Waals surface area contributed by atoms with Gasteiger partial charge in [0.1, 0.15) is 0 Å². The lowest BCUT2D eigenvalue weighted by Crippen LogP contribution is -2.16. The van der Waals surface area contributed by atoms with Crippen LogP contribution in [0, 0.1) is 0 Å². The summed E-state index contributed by atoms with van der Waals surface area (Å²) < 4.78 is 0. The fraction of sp³-hybridized carbons (Fsp3) is 0.184. The maximum Gasteiger partial charge on any atom is 0.0956 e. The maximum atomic E-state index is 6.61. The maximum absolute atomic E-state index is 6.61. The molecule has 0 saturated heterocycles. The highest BCUT2D eigenvalue weighted by molar-refractivity contribution is 8.02. The molecule has 0 spiro atoms. The summed E-state index contributed by atoms with van der Waals surface area (Å²) in [6.07, 6.45) is 15.5. The Kier molecular flexibility index (Phi) is 11.0. The van der Waals surface area contributed by atoms with Crippen LogP contribution in [-0.2, 0) is 0 Å². The minimum Gasteiger partial charge on any atom is -0.378 e.